The number of aliphatic hydroxyl groups is 2. The predicted octanol–water partition coefficient (Wildman–Crippen LogP) is 12.3. The summed E-state index contributed by atoms with van der Waals surface area (Å²) in [5, 5.41) is 29.9. The highest BCUT2D eigenvalue weighted by atomic mass is 16.7. The molecule has 1 heterocycles. The summed E-state index contributed by atoms with van der Waals surface area (Å²) < 4.78 is 20.8. The Morgan fingerprint density at radius 2 is 1.57 bits per heavy atom. The van der Waals surface area contributed by atoms with Crippen LogP contribution in [0.1, 0.15) is 139 Å². The van der Waals surface area contributed by atoms with Crippen molar-refractivity contribution in [2.75, 3.05) is 26.9 Å². The highest BCUT2D eigenvalue weighted by molar-refractivity contribution is 6.03. The second-order valence-corrected chi connectivity index (χ2v) is 19.4. The van der Waals surface area contributed by atoms with E-state index in [4.69, 9.17) is 24.2 Å². The zero-order valence-electron chi connectivity index (χ0n) is 41.7. The lowest BCUT2D eigenvalue weighted by Gasteiger charge is -2.60. The highest BCUT2D eigenvalue weighted by Gasteiger charge is 2.65. The number of amides is 2. The van der Waals surface area contributed by atoms with E-state index in [1.165, 1.54) is 38.5 Å². The molecule has 1 saturated carbocycles. The predicted molar refractivity (Wildman–Crippen MR) is 278 cm³/mol. The number of hydrogen-bond acceptors (Lipinski definition) is 9. The summed E-state index contributed by atoms with van der Waals surface area (Å²) in [4.78, 5) is 36.5. The van der Waals surface area contributed by atoms with Crippen LogP contribution >= 0.6 is 0 Å². The van der Waals surface area contributed by atoms with Crippen LogP contribution in [0.5, 0.6) is 11.5 Å². The number of allylic oxidation sites excluding steroid dienone is 1. The van der Waals surface area contributed by atoms with Gasteiger partial charge in [0, 0.05) is 50.6 Å². The largest absolute Gasteiger partial charge is 0.459 e. The van der Waals surface area contributed by atoms with E-state index in [9.17, 15) is 15.0 Å². The second kappa shape index (κ2) is 26.6. The molecule has 4 aromatic carbocycles. The van der Waals surface area contributed by atoms with Gasteiger partial charge in [-0.25, -0.2) is 4.79 Å². The van der Waals surface area contributed by atoms with Crippen molar-refractivity contribution in [2.45, 2.75) is 147 Å². The molecule has 2 amide bonds. The number of aliphatic hydroxyl groups excluding tert-OH is 2. The number of fused-ring (bicyclic) bond motifs is 3. The van der Waals surface area contributed by atoms with E-state index >= 15 is 4.79 Å². The van der Waals surface area contributed by atoms with Crippen molar-refractivity contribution in [3.8, 4) is 11.5 Å². The Morgan fingerprint density at radius 3 is 2.31 bits per heavy atom. The second-order valence-electron chi connectivity index (χ2n) is 19.4. The van der Waals surface area contributed by atoms with Gasteiger partial charge < -0.3 is 39.5 Å². The number of rotatable bonds is 28. The molecule has 11 nitrogen and oxygen atoms in total. The lowest BCUT2D eigenvalue weighted by Crippen LogP contribution is -2.70. The fourth-order valence-corrected chi connectivity index (χ4v) is 11.5. The SMILES string of the molecule is C=CCO[C@@]12Oc3ccc(OC(=O)NCc4ccccc4)cc3[C@H]3[C@H](CCCCO)[C@@H](CCCCO)C=C(C(=NOC)C[C@@H]1N(Cc1cccc4ccccc14)C(=O)CCCCCCCCCCC)[C@H]32. The average Bonchev–Trinajstić information content (AvgIpc) is 3.38. The first-order chi connectivity index (χ1) is 34.3. The quantitative estimate of drug-likeness (QED) is 0.0291. The van der Waals surface area contributed by atoms with Crippen molar-refractivity contribution in [3.63, 3.8) is 0 Å². The number of nitrogens with one attached hydrogen (secondary N) is 1. The van der Waals surface area contributed by atoms with Crippen molar-refractivity contribution in [3.05, 3.63) is 132 Å². The van der Waals surface area contributed by atoms with Crippen molar-refractivity contribution in [2.24, 2.45) is 22.9 Å². The standard InChI is InChI=1S/C59H77N3O8/c1-4-6-7-8-9-10-11-12-16-32-55(65)62(42-46-29-23-28-44-26-17-18-30-48(44)46)54-40-52(61-67-3)50-38-45(27-19-21-35-63)49(31-20-22-36-64)56-51-39-47(69-58(66)60-41-43-24-14-13-15-25-43)33-34-53(51)70-59(54,57(50)56)68-37-5-2/h5,13-15,17-18,23-26,28-30,33-34,38-39,45,49,54,56-57,63-64H,2,4,6-12,16,19-22,27,31-32,35-37,40-42H2,1,3H3,(H,60,66)/t45-,49+,54-,56+,57+,59+/m0/s1. The van der Waals surface area contributed by atoms with Gasteiger partial charge in [0.15, 0.2) is 0 Å². The van der Waals surface area contributed by atoms with Crippen LogP contribution in [-0.4, -0.2) is 71.6 Å². The van der Waals surface area contributed by atoms with E-state index in [-0.39, 0.29) is 43.5 Å². The summed E-state index contributed by atoms with van der Waals surface area (Å²) in [5.74, 6) is -1.09. The van der Waals surface area contributed by atoms with Crippen LogP contribution in [0.25, 0.3) is 10.8 Å². The molecule has 1 fully saturated rings. The van der Waals surface area contributed by atoms with Gasteiger partial charge in [-0.15, -0.1) is 6.58 Å². The third-order valence-electron chi connectivity index (χ3n) is 14.7. The van der Waals surface area contributed by atoms with Gasteiger partial charge in [0.25, 0.3) is 0 Å². The minimum Gasteiger partial charge on any atom is -0.459 e. The Bertz CT molecular complexity index is 2360. The molecule has 3 aliphatic rings. The topological polar surface area (TPSA) is 139 Å². The lowest BCUT2D eigenvalue weighted by atomic mass is 9.55. The highest BCUT2D eigenvalue weighted by Crippen LogP contribution is 2.62. The number of oxime groups is 1. The zero-order valence-corrected chi connectivity index (χ0v) is 41.7. The van der Waals surface area contributed by atoms with E-state index in [1.54, 1.807) is 19.3 Å². The number of carbonyl (C=O) groups excluding carboxylic acids is 2. The Kier molecular flexibility index (Phi) is 19.9. The normalized spacial score (nSPS) is 21.8. The van der Waals surface area contributed by atoms with Gasteiger partial charge in [0.1, 0.15) is 24.7 Å². The smallest absolute Gasteiger partial charge is 0.412 e. The molecule has 1 aliphatic heterocycles. The van der Waals surface area contributed by atoms with Gasteiger partial charge in [-0.1, -0.05) is 161 Å². The van der Waals surface area contributed by atoms with Gasteiger partial charge in [-0.05, 0) is 89.6 Å². The first-order valence-corrected chi connectivity index (χ1v) is 26.2. The summed E-state index contributed by atoms with van der Waals surface area (Å²) in [7, 11) is 1.57. The van der Waals surface area contributed by atoms with E-state index in [1.807, 2.05) is 59.5 Å². The summed E-state index contributed by atoms with van der Waals surface area (Å²) in [6, 6.07) is 29.2. The fourth-order valence-electron chi connectivity index (χ4n) is 11.5. The first kappa shape index (κ1) is 52.3. The van der Waals surface area contributed by atoms with Crippen LogP contribution in [0, 0.1) is 17.8 Å². The van der Waals surface area contributed by atoms with Crippen molar-refractivity contribution in [1.82, 2.24) is 10.2 Å². The molecule has 0 spiro atoms. The van der Waals surface area contributed by atoms with Gasteiger partial charge in [-0.2, -0.15) is 0 Å². The fraction of sp³-hybridized carbons (Fsp3) is 0.508. The average molecular weight is 956 g/mol. The molecule has 0 bridgehead atoms. The first-order valence-electron chi connectivity index (χ1n) is 26.2. The van der Waals surface area contributed by atoms with E-state index in [2.05, 4.69) is 55.2 Å². The van der Waals surface area contributed by atoms with Gasteiger partial charge in [-0.3, -0.25) is 4.79 Å². The number of benzene rings is 4. The molecule has 6 atom stereocenters. The van der Waals surface area contributed by atoms with Crippen LogP contribution < -0.4 is 14.8 Å². The molecule has 0 saturated heterocycles. The Hall–Kier alpha value is -5.49. The maximum Gasteiger partial charge on any atom is 0.412 e. The molecule has 7 rings (SSSR count). The van der Waals surface area contributed by atoms with Crippen LogP contribution in [0.4, 0.5) is 4.79 Å². The monoisotopic (exact) mass is 956 g/mol. The van der Waals surface area contributed by atoms with Crippen molar-refractivity contribution < 1.29 is 38.9 Å². The minimum atomic E-state index is -1.41. The van der Waals surface area contributed by atoms with Crippen LogP contribution in [0.2, 0.25) is 0 Å². The number of carbonyl (C=O) groups is 2. The molecule has 0 aromatic heterocycles. The lowest BCUT2D eigenvalue weighted by molar-refractivity contribution is -0.258. The molecule has 11 heteroatoms. The molecular weight excluding hydrogens is 879 g/mol. The summed E-state index contributed by atoms with van der Waals surface area (Å²) in [5.41, 5.74) is 4.55. The summed E-state index contributed by atoms with van der Waals surface area (Å²) in [6.07, 6.45) is 19.0. The molecule has 4 aromatic rings. The van der Waals surface area contributed by atoms with Crippen LogP contribution in [0.3, 0.4) is 0 Å². The number of nitrogens with zero attached hydrogens (tertiary/aromatic N) is 2. The molecule has 376 valence electrons. The van der Waals surface area contributed by atoms with Crippen LogP contribution in [-0.2, 0) is 27.5 Å². The summed E-state index contributed by atoms with van der Waals surface area (Å²) >= 11 is 0. The minimum absolute atomic E-state index is 0.0160. The number of hydrogen-bond donors (Lipinski definition) is 3. The zero-order chi connectivity index (χ0) is 49.1. The molecule has 3 N–H and O–H groups in total. The van der Waals surface area contributed by atoms with Crippen molar-refractivity contribution in [1.29, 1.82) is 0 Å². The molecule has 0 radical (unpaired) electrons. The van der Waals surface area contributed by atoms with E-state index in [0.29, 0.717) is 50.3 Å². The Balaban J connectivity index is 1.34. The number of unbranched alkanes of at least 4 members (excludes halogenated alkanes) is 10. The van der Waals surface area contributed by atoms with Gasteiger partial charge in [0.05, 0.1) is 18.2 Å². The van der Waals surface area contributed by atoms with Crippen molar-refractivity contribution >= 4 is 28.5 Å². The summed E-state index contributed by atoms with van der Waals surface area (Å²) in [6.45, 7) is 7.33. The third kappa shape index (κ3) is 12.9. The molecule has 0 unspecified atom stereocenters. The maximum absolute atomic E-state index is 15.4. The van der Waals surface area contributed by atoms with Gasteiger partial charge in [0.2, 0.25) is 11.7 Å². The molecule has 2 aliphatic carbocycles. The van der Waals surface area contributed by atoms with Crippen LogP contribution in [0.15, 0.2) is 120 Å². The van der Waals surface area contributed by atoms with E-state index < -0.39 is 23.8 Å². The third-order valence-corrected chi connectivity index (χ3v) is 14.7. The van der Waals surface area contributed by atoms with Gasteiger partial charge >= 0.3 is 6.09 Å². The Labute approximate surface area is 416 Å². The number of ether oxygens (including phenoxy) is 3. The maximum atomic E-state index is 15.4. The van der Waals surface area contributed by atoms with E-state index in [0.717, 1.165) is 83.7 Å². The Morgan fingerprint density at radius 1 is 0.857 bits per heavy atom. The molecule has 70 heavy (non-hydrogen) atoms. The molecular formula is C59H77N3O8.